The van der Waals surface area contributed by atoms with E-state index >= 15 is 0 Å². The van der Waals surface area contributed by atoms with Crippen molar-refractivity contribution in [1.82, 2.24) is 5.43 Å². The molecule has 2 aromatic carbocycles. The number of ether oxygens (including phenoxy) is 2. The predicted molar refractivity (Wildman–Crippen MR) is 84.7 cm³/mol. The molecule has 2 aromatic rings. The maximum Gasteiger partial charge on any atom is 0.343 e. The zero-order valence-electron chi connectivity index (χ0n) is 12.7. The maximum atomic E-state index is 12.9. The first-order chi connectivity index (χ1) is 11.5. The summed E-state index contributed by atoms with van der Waals surface area (Å²) in [4.78, 5) is 22.6. The number of urea groups is 1. The second kappa shape index (κ2) is 7.73. The number of nitrogens with one attached hydrogen (secondary N) is 1. The van der Waals surface area contributed by atoms with Gasteiger partial charge in [0.05, 0.1) is 18.9 Å². The van der Waals surface area contributed by atoms with Gasteiger partial charge in [0.15, 0.2) is 11.5 Å². The van der Waals surface area contributed by atoms with E-state index in [0.717, 1.165) is 0 Å². The molecule has 0 unspecified atom stereocenters. The number of benzene rings is 2. The fourth-order valence-corrected chi connectivity index (χ4v) is 1.76. The van der Waals surface area contributed by atoms with E-state index in [1.54, 1.807) is 12.1 Å². The minimum Gasteiger partial charge on any atom is -0.493 e. The van der Waals surface area contributed by atoms with Crippen LogP contribution >= 0.6 is 0 Å². The fraction of sp³-hybridized carbons (Fsp3) is 0.0625. The highest BCUT2D eigenvalue weighted by Crippen LogP contribution is 2.28. The van der Waals surface area contributed by atoms with Crippen molar-refractivity contribution < 1.29 is 23.5 Å². The van der Waals surface area contributed by atoms with Gasteiger partial charge in [0.25, 0.3) is 0 Å². The van der Waals surface area contributed by atoms with E-state index in [1.807, 2.05) is 0 Å². The molecule has 0 saturated heterocycles. The Kier molecular flexibility index (Phi) is 5.45. The summed E-state index contributed by atoms with van der Waals surface area (Å²) in [6.07, 6.45) is 1.35. The standard InChI is InChI=1S/C16H14FN3O4/c1-23-14-8-10(9-19-20-16(18)22)2-7-13(14)24-15(21)11-3-5-12(17)6-4-11/h2-9H,1H3,(H3,18,20,22)/b19-9+. The summed E-state index contributed by atoms with van der Waals surface area (Å²) in [7, 11) is 1.41. The third kappa shape index (κ3) is 4.54. The number of hydrogen-bond acceptors (Lipinski definition) is 5. The molecule has 0 atom stereocenters. The Hall–Kier alpha value is -3.42. The van der Waals surface area contributed by atoms with Gasteiger partial charge >= 0.3 is 12.0 Å². The molecule has 2 amide bonds. The zero-order valence-corrected chi connectivity index (χ0v) is 12.7. The van der Waals surface area contributed by atoms with Crippen LogP contribution in [0.1, 0.15) is 15.9 Å². The second-order valence-corrected chi connectivity index (χ2v) is 4.54. The first-order valence-electron chi connectivity index (χ1n) is 6.74. The van der Waals surface area contributed by atoms with Crippen LogP contribution in [0.15, 0.2) is 47.6 Å². The number of methoxy groups -OCH3 is 1. The molecule has 0 radical (unpaired) electrons. The van der Waals surface area contributed by atoms with Crippen LogP contribution in [0.25, 0.3) is 0 Å². The second-order valence-electron chi connectivity index (χ2n) is 4.54. The van der Waals surface area contributed by atoms with Gasteiger partial charge in [0.1, 0.15) is 5.82 Å². The van der Waals surface area contributed by atoms with Crippen LogP contribution < -0.4 is 20.6 Å². The van der Waals surface area contributed by atoms with Gasteiger partial charge in [-0.2, -0.15) is 5.10 Å². The van der Waals surface area contributed by atoms with Gasteiger partial charge in [-0.3, -0.25) is 0 Å². The molecule has 0 heterocycles. The molecule has 3 N–H and O–H groups in total. The number of primary amides is 1. The Bertz CT molecular complexity index is 775. The molecule has 0 spiro atoms. The van der Waals surface area contributed by atoms with E-state index in [0.29, 0.717) is 5.56 Å². The molecule has 0 fully saturated rings. The number of hydrazone groups is 1. The largest absolute Gasteiger partial charge is 0.493 e. The SMILES string of the molecule is COc1cc(/C=N/NC(N)=O)ccc1OC(=O)c1ccc(F)cc1. The molecule has 2 rings (SSSR count). The van der Waals surface area contributed by atoms with E-state index in [9.17, 15) is 14.0 Å². The molecular formula is C16H14FN3O4. The Morgan fingerprint density at radius 2 is 1.88 bits per heavy atom. The van der Waals surface area contributed by atoms with Crippen LogP contribution in [0.2, 0.25) is 0 Å². The number of nitrogens with zero attached hydrogens (tertiary/aromatic N) is 1. The van der Waals surface area contributed by atoms with Crippen molar-refractivity contribution in [2.24, 2.45) is 10.8 Å². The first kappa shape index (κ1) is 16.9. The van der Waals surface area contributed by atoms with Crippen LogP contribution in [0.5, 0.6) is 11.5 Å². The Morgan fingerprint density at radius 1 is 1.17 bits per heavy atom. The lowest BCUT2D eigenvalue weighted by Crippen LogP contribution is -2.24. The van der Waals surface area contributed by atoms with E-state index in [2.05, 4.69) is 10.5 Å². The van der Waals surface area contributed by atoms with Crippen molar-refractivity contribution in [1.29, 1.82) is 0 Å². The van der Waals surface area contributed by atoms with Crippen molar-refractivity contribution in [2.75, 3.05) is 7.11 Å². The summed E-state index contributed by atoms with van der Waals surface area (Å²) in [6, 6.07) is 8.84. The molecule has 124 valence electrons. The van der Waals surface area contributed by atoms with Gasteiger partial charge in [-0.1, -0.05) is 0 Å². The van der Waals surface area contributed by atoms with E-state index < -0.39 is 17.8 Å². The molecule has 0 saturated carbocycles. The highest BCUT2D eigenvalue weighted by Gasteiger charge is 2.12. The minimum absolute atomic E-state index is 0.187. The van der Waals surface area contributed by atoms with Gasteiger partial charge < -0.3 is 15.2 Å². The number of nitrogens with two attached hydrogens (primary N) is 1. The number of amides is 2. The number of carbonyl (C=O) groups is 2. The molecule has 0 aliphatic rings. The Morgan fingerprint density at radius 3 is 2.50 bits per heavy atom. The monoisotopic (exact) mass is 331 g/mol. The Balaban J connectivity index is 2.15. The van der Waals surface area contributed by atoms with Gasteiger partial charge in [-0.15, -0.1) is 0 Å². The lowest BCUT2D eigenvalue weighted by molar-refractivity contribution is 0.0729. The number of rotatable bonds is 5. The minimum atomic E-state index is -0.789. The quantitative estimate of drug-likeness (QED) is 0.379. The summed E-state index contributed by atoms with van der Waals surface area (Å²) in [5.41, 5.74) is 7.73. The molecule has 24 heavy (non-hydrogen) atoms. The predicted octanol–water partition coefficient (Wildman–Crippen LogP) is 2.06. The van der Waals surface area contributed by atoms with Crippen molar-refractivity contribution >= 4 is 18.2 Å². The summed E-state index contributed by atoms with van der Waals surface area (Å²) in [5.74, 6) is -0.622. The normalized spacial score (nSPS) is 10.4. The highest BCUT2D eigenvalue weighted by atomic mass is 19.1. The van der Waals surface area contributed by atoms with Crippen molar-refractivity contribution in [3.05, 3.63) is 59.4 Å². The number of halogens is 1. The van der Waals surface area contributed by atoms with Crippen molar-refractivity contribution in [3.63, 3.8) is 0 Å². The Labute approximate surface area is 136 Å². The third-order valence-corrected chi connectivity index (χ3v) is 2.86. The van der Waals surface area contributed by atoms with Gasteiger partial charge in [0.2, 0.25) is 0 Å². The smallest absolute Gasteiger partial charge is 0.343 e. The molecule has 0 aromatic heterocycles. The average molecular weight is 331 g/mol. The molecule has 7 nitrogen and oxygen atoms in total. The third-order valence-electron chi connectivity index (χ3n) is 2.86. The van der Waals surface area contributed by atoms with Gasteiger partial charge in [-0.25, -0.2) is 19.4 Å². The van der Waals surface area contributed by atoms with E-state index in [-0.39, 0.29) is 17.1 Å². The lowest BCUT2D eigenvalue weighted by atomic mass is 10.2. The van der Waals surface area contributed by atoms with Crippen molar-refractivity contribution in [3.8, 4) is 11.5 Å². The van der Waals surface area contributed by atoms with E-state index in [1.165, 1.54) is 43.7 Å². The van der Waals surface area contributed by atoms with Crippen LogP contribution in [-0.4, -0.2) is 25.3 Å². The van der Waals surface area contributed by atoms with Crippen LogP contribution in [0.3, 0.4) is 0 Å². The zero-order chi connectivity index (χ0) is 17.5. The maximum absolute atomic E-state index is 12.9. The number of carbonyl (C=O) groups excluding carboxylic acids is 2. The molecule has 0 aliphatic carbocycles. The number of esters is 1. The van der Waals surface area contributed by atoms with Crippen molar-refractivity contribution in [2.45, 2.75) is 0 Å². The van der Waals surface area contributed by atoms with Gasteiger partial charge in [0, 0.05) is 0 Å². The lowest BCUT2D eigenvalue weighted by Gasteiger charge is -2.10. The van der Waals surface area contributed by atoms with Gasteiger partial charge in [-0.05, 0) is 48.0 Å². The van der Waals surface area contributed by atoms with Crippen LogP contribution in [0.4, 0.5) is 9.18 Å². The van der Waals surface area contributed by atoms with Crippen LogP contribution in [-0.2, 0) is 0 Å². The fourth-order valence-electron chi connectivity index (χ4n) is 1.76. The summed E-state index contributed by atoms with van der Waals surface area (Å²) in [6.45, 7) is 0. The number of hydrogen-bond donors (Lipinski definition) is 2. The van der Waals surface area contributed by atoms with E-state index in [4.69, 9.17) is 15.2 Å². The average Bonchev–Trinajstić information content (AvgIpc) is 2.56. The molecular weight excluding hydrogens is 317 g/mol. The van der Waals surface area contributed by atoms with Crippen LogP contribution in [0, 0.1) is 5.82 Å². The first-order valence-corrected chi connectivity index (χ1v) is 6.74. The summed E-state index contributed by atoms with van der Waals surface area (Å²) < 4.78 is 23.3. The summed E-state index contributed by atoms with van der Waals surface area (Å²) >= 11 is 0. The summed E-state index contributed by atoms with van der Waals surface area (Å²) in [5, 5.41) is 3.61. The molecule has 8 heteroatoms. The highest BCUT2D eigenvalue weighted by molar-refractivity contribution is 5.91. The topological polar surface area (TPSA) is 103 Å². The molecule has 0 aliphatic heterocycles. The molecule has 0 bridgehead atoms.